The van der Waals surface area contributed by atoms with Gasteiger partial charge < -0.3 is 15.7 Å². The Kier molecular flexibility index (Phi) is 7.32. The van der Waals surface area contributed by atoms with Crippen LogP contribution in [0.3, 0.4) is 0 Å². The van der Waals surface area contributed by atoms with Crippen molar-refractivity contribution in [3.8, 4) is 0 Å². The van der Waals surface area contributed by atoms with Gasteiger partial charge in [-0.3, -0.25) is 9.59 Å². The Morgan fingerprint density at radius 2 is 2.09 bits per heavy atom. The number of hydrogen-bond donors (Lipinski definition) is 3. The van der Waals surface area contributed by atoms with E-state index in [2.05, 4.69) is 24.1 Å². The highest BCUT2D eigenvalue weighted by Gasteiger charge is 2.16. The van der Waals surface area contributed by atoms with E-state index < -0.39 is 12.0 Å². The molecule has 0 unspecified atom stereocenters. The lowest BCUT2D eigenvalue weighted by molar-refractivity contribution is -0.139. The van der Waals surface area contributed by atoms with Crippen molar-refractivity contribution < 1.29 is 14.7 Å². The summed E-state index contributed by atoms with van der Waals surface area (Å²) in [6.07, 6.45) is 4.52. The van der Waals surface area contributed by atoms with Crippen LogP contribution in [0.2, 0.25) is 0 Å². The monoisotopic (exact) mass is 304 g/mol. The predicted molar refractivity (Wildman–Crippen MR) is 87.2 cm³/mol. The molecule has 22 heavy (non-hydrogen) atoms. The number of aryl methyl sites for hydroxylation is 1. The first-order valence-electron chi connectivity index (χ1n) is 7.44. The number of benzene rings is 1. The second-order valence-corrected chi connectivity index (χ2v) is 5.12. The number of allylic oxidation sites excluding steroid dienone is 1. The SMILES string of the molecule is C=CCc1ccc(C(=O)NC[C@H](NC)C(=O)O)cc1CCC. The van der Waals surface area contributed by atoms with Crippen LogP contribution in [0.1, 0.15) is 34.8 Å². The highest BCUT2D eigenvalue weighted by atomic mass is 16.4. The Balaban J connectivity index is 2.82. The van der Waals surface area contributed by atoms with Crippen LogP contribution < -0.4 is 10.6 Å². The normalized spacial score (nSPS) is 11.7. The minimum absolute atomic E-state index is 0.0438. The molecule has 1 atom stereocenters. The van der Waals surface area contributed by atoms with Crippen molar-refractivity contribution >= 4 is 11.9 Å². The van der Waals surface area contributed by atoms with Gasteiger partial charge in [0, 0.05) is 12.1 Å². The lowest BCUT2D eigenvalue weighted by Crippen LogP contribution is -2.44. The fourth-order valence-corrected chi connectivity index (χ4v) is 2.23. The number of likely N-dealkylation sites (N-methyl/N-ethyl adjacent to an activating group) is 1. The van der Waals surface area contributed by atoms with Crippen molar-refractivity contribution in [1.29, 1.82) is 0 Å². The fraction of sp³-hybridized carbons (Fsp3) is 0.412. The van der Waals surface area contributed by atoms with Crippen LogP contribution in [0.15, 0.2) is 30.9 Å². The van der Waals surface area contributed by atoms with Crippen LogP contribution in [-0.4, -0.2) is 36.6 Å². The van der Waals surface area contributed by atoms with Gasteiger partial charge in [-0.2, -0.15) is 0 Å². The largest absolute Gasteiger partial charge is 0.480 e. The number of rotatable bonds is 9. The molecule has 0 aromatic heterocycles. The second-order valence-electron chi connectivity index (χ2n) is 5.12. The number of carboxylic acid groups (broad SMARTS) is 1. The molecule has 0 saturated carbocycles. The van der Waals surface area contributed by atoms with Gasteiger partial charge in [0.25, 0.3) is 5.91 Å². The lowest BCUT2D eigenvalue weighted by atomic mass is 9.97. The van der Waals surface area contributed by atoms with Gasteiger partial charge in [-0.25, -0.2) is 0 Å². The minimum Gasteiger partial charge on any atom is -0.480 e. The van der Waals surface area contributed by atoms with E-state index >= 15 is 0 Å². The Morgan fingerprint density at radius 1 is 1.36 bits per heavy atom. The molecule has 5 nitrogen and oxygen atoms in total. The minimum atomic E-state index is -0.990. The van der Waals surface area contributed by atoms with Gasteiger partial charge in [-0.1, -0.05) is 25.5 Å². The van der Waals surface area contributed by atoms with E-state index in [9.17, 15) is 9.59 Å². The first-order chi connectivity index (χ1) is 10.5. The van der Waals surface area contributed by atoms with Crippen LogP contribution >= 0.6 is 0 Å². The standard InChI is InChI=1S/C17H24N2O3/c1-4-6-12-8-9-14(10-13(12)7-5-2)16(20)19-11-15(18-3)17(21)22/h4,8-10,15,18H,1,5-7,11H2,2-3H3,(H,19,20)(H,21,22)/t15-/m0/s1. The van der Waals surface area contributed by atoms with Gasteiger partial charge in [0.05, 0.1) is 0 Å². The summed E-state index contributed by atoms with van der Waals surface area (Å²) >= 11 is 0. The summed E-state index contributed by atoms with van der Waals surface area (Å²) in [6, 6.07) is 4.79. The lowest BCUT2D eigenvalue weighted by Gasteiger charge is -2.13. The smallest absolute Gasteiger partial charge is 0.322 e. The number of amides is 1. The third-order valence-corrected chi connectivity index (χ3v) is 3.47. The van der Waals surface area contributed by atoms with E-state index in [1.54, 1.807) is 13.1 Å². The first kappa shape index (κ1) is 17.9. The molecule has 120 valence electrons. The van der Waals surface area contributed by atoms with Crippen LogP contribution in [0.4, 0.5) is 0 Å². The summed E-state index contributed by atoms with van der Waals surface area (Å²) < 4.78 is 0. The van der Waals surface area contributed by atoms with E-state index in [0.717, 1.165) is 24.8 Å². The molecule has 1 rings (SSSR count). The first-order valence-corrected chi connectivity index (χ1v) is 7.44. The zero-order valence-electron chi connectivity index (χ0n) is 13.2. The third-order valence-electron chi connectivity index (χ3n) is 3.47. The zero-order chi connectivity index (χ0) is 16.5. The van der Waals surface area contributed by atoms with Crippen LogP contribution in [0.5, 0.6) is 0 Å². The molecule has 1 aromatic rings. The molecule has 3 N–H and O–H groups in total. The van der Waals surface area contributed by atoms with Crippen molar-refractivity contribution in [2.45, 2.75) is 32.2 Å². The fourth-order valence-electron chi connectivity index (χ4n) is 2.23. The molecule has 5 heteroatoms. The Hall–Kier alpha value is -2.14. The topological polar surface area (TPSA) is 78.4 Å². The molecule has 0 spiro atoms. The van der Waals surface area contributed by atoms with Crippen molar-refractivity contribution in [3.63, 3.8) is 0 Å². The maximum absolute atomic E-state index is 12.2. The van der Waals surface area contributed by atoms with E-state index in [0.29, 0.717) is 5.56 Å². The number of hydrogen-bond acceptors (Lipinski definition) is 3. The van der Waals surface area contributed by atoms with Gasteiger partial charge in [-0.05, 0) is 43.1 Å². The van der Waals surface area contributed by atoms with Gasteiger partial charge >= 0.3 is 5.97 Å². The maximum Gasteiger partial charge on any atom is 0.322 e. The molecule has 1 amide bonds. The molecule has 0 aliphatic heterocycles. The molecule has 1 aromatic carbocycles. The summed E-state index contributed by atoms with van der Waals surface area (Å²) in [7, 11) is 1.55. The van der Waals surface area contributed by atoms with Gasteiger partial charge in [-0.15, -0.1) is 6.58 Å². The summed E-state index contributed by atoms with van der Waals surface area (Å²) in [5.74, 6) is -1.25. The van der Waals surface area contributed by atoms with Crippen molar-refractivity contribution in [2.24, 2.45) is 0 Å². The van der Waals surface area contributed by atoms with Crippen LogP contribution in [0.25, 0.3) is 0 Å². The number of carbonyl (C=O) groups excluding carboxylic acids is 1. The average Bonchev–Trinajstić information content (AvgIpc) is 2.49. The van der Waals surface area contributed by atoms with Gasteiger partial charge in [0.15, 0.2) is 0 Å². The highest BCUT2D eigenvalue weighted by molar-refractivity contribution is 5.94. The molecule has 0 aliphatic carbocycles. The number of aliphatic carboxylic acids is 1. The van der Waals surface area contributed by atoms with Crippen molar-refractivity contribution in [2.75, 3.05) is 13.6 Å². The van der Waals surface area contributed by atoms with Crippen molar-refractivity contribution in [3.05, 3.63) is 47.5 Å². The summed E-state index contributed by atoms with van der Waals surface area (Å²) in [4.78, 5) is 23.1. The second kappa shape index (κ2) is 9.00. The highest BCUT2D eigenvalue weighted by Crippen LogP contribution is 2.15. The molecular formula is C17H24N2O3. The summed E-state index contributed by atoms with van der Waals surface area (Å²) in [5, 5.41) is 14.2. The van der Waals surface area contributed by atoms with E-state index in [4.69, 9.17) is 5.11 Å². The van der Waals surface area contributed by atoms with Crippen molar-refractivity contribution in [1.82, 2.24) is 10.6 Å². The molecule has 0 radical (unpaired) electrons. The molecular weight excluding hydrogens is 280 g/mol. The van der Waals surface area contributed by atoms with Gasteiger partial charge in [0.1, 0.15) is 6.04 Å². The number of carbonyl (C=O) groups is 2. The Bertz CT molecular complexity index is 541. The Morgan fingerprint density at radius 3 is 2.64 bits per heavy atom. The van der Waals surface area contributed by atoms with Gasteiger partial charge in [0.2, 0.25) is 0 Å². The maximum atomic E-state index is 12.2. The molecule has 0 bridgehead atoms. The summed E-state index contributed by atoms with van der Waals surface area (Å²) in [5.41, 5.74) is 2.86. The van der Waals surface area contributed by atoms with Crippen LogP contribution in [0, 0.1) is 0 Å². The third kappa shape index (κ3) is 5.00. The predicted octanol–water partition coefficient (Wildman–Crippen LogP) is 1.77. The average molecular weight is 304 g/mol. The molecule has 0 aliphatic rings. The molecule has 0 saturated heterocycles. The zero-order valence-corrected chi connectivity index (χ0v) is 13.2. The summed E-state index contributed by atoms with van der Waals surface area (Å²) in [6.45, 7) is 5.88. The van der Waals surface area contributed by atoms with E-state index in [1.807, 2.05) is 18.2 Å². The molecule has 0 fully saturated rings. The number of nitrogens with one attached hydrogen (secondary N) is 2. The Labute approximate surface area is 131 Å². The van der Waals surface area contributed by atoms with Crippen LogP contribution in [-0.2, 0) is 17.6 Å². The quantitative estimate of drug-likeness (QED) is 0.608. The molecule has 0 heterocycles. The van der Waals surface area contributed by atoms with E-state index in [1.165, 1.54) is 5.56 Å². The van der Waals surface area contributed by atoms with E-state index in [-0.39, 0.29) is 12.5 Å². The number of carboxylic acids is 1.